The maximum Gasteiger partial charge on any atom is 0.0536 e. The number of hydrogen-bond acceptors (Lipinski definition) is 2. The third-order valence-electron chi connectivity index (χ3n) is 4.74. The van der Waals surface area contributed by atoms with Crippen molar-refractivity contribution in [2.75, 3.05) is 26.3 Å². The maximum absolute atomic E-state index is 5.59. The zero-order valence-electron chi connectivity index (χ0n) is 9.71. The molecule has 0 aromatic rings. The van der Waals surface area contributed by atoms with Crippen LogP contribution >= 0.6 is 0 Å². The van der Waals surface area contributed by atoms with Gasteiger partial charge in [0.1, 0.15) is 0 Å². The molecule has 15 heavy (non-hydrogen) atoms. The van der Waals surface area contributed by atoms with E-state index >= 15 is 0 Å². The van der Waals surface area contributed by atoms with Crippen LogP contribution in [-0.4, -0.2) is 37.2 Å². The summed E-state index contributed by atoms with van der Waals surface area (Å²) in [6, 6.07) is 0.915. The Bertz CT molecular complexity index is 217. The van der Waals surface area contributed by atoms with Crippen LogP contribution in [0.15, 0.2) is 0 Å². The summed E-state index contributed by atoms with van der Waals surface area (Å²) in [4.78, 5) is 2.77. The van der Waals surface area contributed by atoms with Crippen LogP contribution in [0, 0.1) is 5.41 Å². The van der Waals surface area contributed by atoms with Gasteiger partial charge in [-0.2, -0.15) is 0 Å². The molecule has 1 spiro atoms. The lowest BCUT2D eigenvalue weighted by atomic mass is 9.86. The Morgan fingerprint density at radius 1 is 1.07 bits per heavy atom. The third kappa shape index (κ3) is 1.94. The topological polar surface area (TPSA) is 12.5 Å². The van der Waals surface area contributed by atoms with E-state index in [9.17, 15) is 0 Å². The Balaban J connectivity index is 1.60. The fourth-order valence-corrected chi connectivity index (χ4v) is 3.70. The number of ether oxygens (including phenoxy) is 1. The molecule has 2 aliphatic heterocycles. The van der Waals surface area contributed by atoms with Gasteiger partial charge >= 0.3 is 0 Å². The summed E-state index contributed by atoms with van der Waals surface area (Å²) in [5.74, 6) is 0. The van der Waals surface area contributed by atoms with Crippen molar-refractivity contribution in [3.05, 3.63) is 0 Å². The summed E-state index contributed by atoms with van der Waals surface area (Å²) in [6.07, 6.45) is 10.0. The molecule has 0 amide bonds. The fourth-order valence-electron chi connectivity index (χ4n) is 3.70. The molecule has 1 unspecified atom stereocenters. The molecule has 2 heteroatoms. The van der Waals surface area contributed by atoms with E-state index in [0.29, 0.717) is 5.41 Å². The lowest BCUT2D eigenvalue weighted by molar-refractivity contribution is 0.135. The molecule has 1 saturated carbocycles. The second kappa shape index (κ2) is 4.06. The molecule has 0 aromatic heterocycles. The molecule has 86 valence electrons. The average molecular weight is 209 g/mol. The van der Waals surface area contributed by atoms with Gasteiger partial charge in [0.05, 0.1) is 6.61 Å². The van der Waals surface area contributed by atoms with Gasteiger partial charge in [0.2, 0.25) is 0 Å². The molecule has 1 atom stereocenters. The monoisotopic (exact) mass is 209 g/mol. The highest BCUT2D eigenvalue weighted by molar-refractivity contribution is 4.95. The zero-order chi connectivity index (χ0) is 10.1. The second-order valence-electron chi connectivity index (χ2n) is 5.81. The fraction of sp³-hybridized carbons (Fsp3) is 1.00. The first-order valence-corrected chi connectivity index (χ1v) is 6.70. The Morgan fingerprint density at radius 2 is 1.93 bits per heavy atom. The smallest absolute Gasteiger partial charge is 0.0536 e. The zero-order valence-corrected chi connectivity index (χ0v) is 9.71. The molecule has 1 aliphatic carbocycles. The van der Waals surface area contributed by atoms with Crippen LogP contribution in [0.3, 0.4) is 0 Å². The second-order valence-corrected chi connectivity index (χ2v) is 5.81. The van der Waals surface area contributed by atoms with Gasteiger partial charge in [-0.3, -0.25) is 4.90 Å². The summed E-state index contributed by atoms with van der Waals surface area (Å²) >= 11 is 0. The van der Waals surface area contributed by atoms with Crippen molar-refractivity contribution in [3.63, 3.8) is 0 Å². The molecule has 0 N–H and O–H groups in total. The largest absolute Gasteiger partial charge is 0.381 e. The van der Waals surface area contributed by atoms with Gasteiger partial charge in [0, 0.05) is 24.6 Å². The summed E-state index contributed by atoms with van der Waals surface area (Å²) < 4.78 is 5.59. The van der Waals surface area contributed by atoms with Gasteiger partial charge in [-0.05, 0) is 32.2 Å². The van der Waals surface area contributed by atoms with E-state index < -0.39 is 0 Å². The van der Waals surface area contributed by atoms with Crippen molar-refractivity contribution >= 4 is 0 Å². The van der Waals surface area contributed by atoms with Gasteiger partial charge in [0.15, 0.2) is 0 Å². The van der Waals surface area contributed by atoms with Crippen molar-refractivity contribution in [1.29, 1.82) is 0 Å². The highest BCUT2D eigenvalue weighted by Gasteiger charge is 2.42. The van der Waals surface area contributed by atoms with Crippen molar-refractivity contribution in [1.82, 2.24) is 4.90 Å². The molecule has 3 rings (SSSR count). The van der Waals surface area contributed by atoms with E-state index in [2.05, 4.69) is 4.90 Å². The van der Waals surface area contributed by atoms with Crippen LogP contribution in [-0.2, 0) is 4.74 Å². The number of nitrogens with zero attached hydrogens (tertiary/aromatic N) is 1. The first-order valence-electron chi connectivity index (χ1n) is 6.70. The molecule has 2 saturated heterocycles. The van der Waals surface area contributed by atoms with Crippen LogP contribution in [0.4, 0.5) is 0 Å². The highest BCUT2D eigenvalue weighted by atomic mass is 16.5. The summed E-state index contributed by atoms with van der Waals surface area (Å²) in [7, 11) is 0. The molecule has 0 aromatic carbocycles. The van der Waals surface area contributed by atoms with E-state index in [1.54, 1.807) is 0 Å². The predicted molar refractivity (Wildman–Crippen MR) is 60.9 cm³/mol. The molecule has 2 nitrogen and oxygen atoms in total. The molecule has 0 bridgehead atoms. The van der Waals surface area contributed by atoms with Crippen LogP contribution in [0.5, 0.6) is 0 Å². The van der Waals surface area contributed by atoms with Crippen LogP contribution in [0.25, 0.3) is 0 Å². The Labute approximate surface area is 93.0 Å². The maximum atomic E-state index is 5.59. The lowest BCUT2D eigenvalue weighted by Crippen LogP contribution is -2.37. The molecular weight excluding hydrogens is 186 g/mol. The van der Waals surface area contributed by atoms with Gasteiger partial charge in [-0.15, -0.1) is 0 Å². The summed E-state index contributed by atoms with van der Waals surface area (Å²) in [5, 5.41) is 0. The van der Waals surface area contributed by atoms with E-state index in [4.69, 9.17) is 4.74 Å². The number of hydrogen-bond donors (Lipinski definition) is 0. The van der Waals surface area contributed by atoms with E-state index in [1.165, 1.54) is 58.0 Å². The van der Waals surface area contributed by atoms with Crippen molar-refractivity contribution in [2.24, 2.45) is 5.41 Å². The minimum atomic E-state index is 0.567. The Kier molecular flexibility index (Phi) is 2.73. The van der Waals surface area contributed by atoms with Gasteiger partial charge in [-0.1, -0.05) is 19.3 Å². The van der Waals surface area contributed by atoms with E-state index in [0.717, 1.165) is 19.3 Å². The third-order valence-corrected chi connectivity index (χ3v) is 4.74. The average Bonchev–Trinajstić information content (AvgIpc) is 2.91. The van der Waals surface area contributed by atoms with Crippen LogP contribution in [0.1, 0.15) is 44.9 Å². The summed E-state index contributed by atoms with van der Waals surface area (Å²) in [6.45, 7) is 4.72. The molecule has 0 radical (unpaired) electrons. The molecule has 2 heterocycles. The van der Waals surface area contributed by atoms with Gasteiger partial charge in [0.25, 0.3) is 0 Å². The van der Waals surface area contributed by atoms with E-state index in [-0.39, 0.29) is 0 Å². The number of rotatable bonds is 1. The summed E-state index contributed by atoms with van der Waals surface area (Å²) in [5.41, 5.74) is 0.567. The molecule has 3 fully saturated rings. The first-order chi connectivity index (χ1) is 7.38. The van der Waals surface area contributed by atoms with Crippen molar-refractivity contribution < 1.29 is 4.74 Å². The van der Waals surface area contributed by atoms with Gasteiger partial charge < -0.3 is 4.74 Å². The van der Waals surface area contributed by atoms with Gasteiger partial charge in [-0.25, -0.2) is 0 Å². The predicted octanol–water partition coefficient (Wildman–Crippen LogP) is 2.43. The Morgan fingerprint density at radius 3 is 2.67 bits per heavy atom. The highest BCUT2D eigenvalue weighted by Crippen LogP contribution is 2.40. The van der Waals surface area contributed by atoms with Crippen molar-refractivity contribution in [3.8, 4) is 0 Å². The molecular formula is C13H23NO. The Hall–Kier alpha value is -0.0800. The molecule has 3 aliphatic rings. The van der Waals surface area contributed by atoms with Crippen molar-refractivity contribution in [2.45, 2.75) is 51.0 Å². The van der Waals surface area contributed by atoms with Crippen LogP contribution < -0.4 is 0 Å². The standard InChI is InChI=1S/C13H23NO/c1-2-4-12(5-3-1)14-8-6-13(10-14)7-9-15-11-13/h12H,1-11H2. The van der Waals surface area contributed by atoms with Crippen LogP contribution in [0.2, 0.25) is 0 Å². The minimum Gasteiger partial charge on any atom is -0.381 e. The quantitative estimate of drug-likeness (QED) is 0.657. The van der Waals surface area contributed by atoms with E-state index in [1.807, 2.05) is 0 Å². The SMILES string of the molecule is C1CCC(N2CCC3(CCOC3)C2)CC1. The first kappa shape index (κ1) is 10.1. The number of likely N-dealkylation sites (tertiary alicyclic amines) is 1. The minimum absolute atomic E-state index is 0.567. The normalized spacial score (nSPS) is 39.2. The lowest BCUT2D eigenvalue weighted by Gasteiger charge is -2.32.